The molecule has 3 rings (SSSR count). The summed E-state index contributed by atoms with van der Waals surface area (Å²) in [6.07, 6.45) is 1.67. The van der Waals surface area contributed by atoms with E-state index in [2.05, 4.69) is 15.0 Å². The number of hydrogen-bond acceptors (Lipinski definition) is 5. The number of pyridine rings is 1. The Labute approximate surface area is 144 Å². The second-order valence-electron chi connectivity index (χ2n) is 5.24. The quantitative estimate of drug-likeness (QED) is 0.725. The summed E-state index contributed by atoms with van der Waals surface area (Å²) in [5.74, 6) is -0.263. The Bertz CT molecular complexity index is 919. The molecule has 0 spiro atoms. The van der Waals surface area contributed by atoms with E-state index in [0.29, 0.717) is 22.5 Å². The topological polar surface area (TPSA) is 77.5 Å². The zero-order valence-corrected chi connectivity index (χ0v) is 13.6. The number of nitrogens with zero attached hydrogens (tertiary/aromatic N) is 1. The smallest absolute Gasteiger partial charge is 0.337 e. The maximum atomic E-state index is 12.1. The standard InChI is InChI=1S/C19H16N2O4/c1-24-19(23)14-6-2-8-15(11-14)21-17(22)12-25-16-9-3-5-13-7-4-10-20-18(13)16/h2-11H,12H2,1H3,(H,21,22). The van der Waals surface area contributed by atoms with E-state index in [1.807, 2.05) is 24.3 Å². The molecule has 0 fully saturated rings. The van der Waals surface area contributed by atoms with Gasteiger partial charge in [0.2, 0.25) is 0 Å². The molecule has 0 atom stereocenters. The first kappa shape index (κ1) is 16.4. The molecule has 0 aliphatic heterocycles. The van der Waals surface area contributed by atoms with Crippen LogP contribution >= 0.6 is 0 Å². The minimum absolute atomic E-state index is 0.169. The molecule has 1 amide bonds. The van der Waals surface area contributed by atoms with E-state index >= 15 is 0 Å². The zero-order chi connectivity index (χ0) is 17.6. The number of methoxy groups -OCH3 is 1. The molecule has 25 heavy (non-hydrogen) atoms. The van der Waals surface area contributed by atoms with E-state index in [-0.39, 0.29) is 12.5 Å². The highest BCUT2D eigenvalue weighted by atomic mass is 16.5. The highest BCUT2D eigenvalue weighted by Gasteiger charge is 2.09. The number of hydrogen-bond donors (Lipinski definition) is 1. The molecule has 1 heterocycles. The van der Waals surface area contributed by atoms with Gasteiger partial charge in [-0.3, -0.25) is 9.78 Å². The average Bonchev–Trinajstić information content (AvgIpc) is 2.66. The van der Waals surface area contributed by atoms with Crippen molar-refractivity contribution in [2.45, 2.75) is 0 Å². The largest absolute Gasteiger partial charge is 0.481 e. The van der Waals surface area contributed by atoms with Crippen LogP contribution < -0.4 is 10.1 Å². The van der Waals surface area contributed by atoms with Crippen LogP contribution in [-0.4, -0.2) is 30.6 Å². The Morgan fingerprint density at radius 1 is 1.08 bits per heavy atom. The summed E-state index contributed by atoms with van der Waals surface area (Å²) >= 11 is 0. The fourth-order valence-electron chi connectivity index (χ4n) is 2.37. The molecule has 0 saturated carbocycles. The van der Waals surface area contributed by atoms with Crippen LogP contribution in [0.2, 0.25) is 0 Å². The summed E-state index contributed by atoms with van der Waals surface area (Å²) < 4.78 is 10.2. The van der Waals surface area contributed by atoms with Gasteiger partial charge in [-0.05, 0) is 30.3 Å². The highest BCUT2D eigenvalue weighted by Crippen LogP contribution is 2.22. The van der Waals surface area contributed by atoms with Gasteiger partial charge in [-0.1, -0.05) is 24.3 Å². The number of rotatable bonds is 5. The molecule has 2 aromatic carbocycles. The first-order valence-electron chi connectivity index (χ1n) is 7.62. The summed E-state index contributed by atoms with van der Waals surface area (Å²) in [6, 6.07) is 15.8. The van der Waals surface area contributed by atoms with Crippen molar-refractivity contribution < 1.29 is 19.1 Å². The van der Waals surface area contributed by atoms with Gasteiger partial charge < -0.3 is 14.8 Å². The Morgan fingerprint density at radius 3 is 2.72 bits per heavy atom. The van der Waals surface area contributed by atoms with Gasteiger partial charge in [0.05, 0.1) is 12.7 Å². The van der Waals surface area contributed by atoms with Gasteiger partial charge in [-0.25, -0.2) is 4.79 Å². The molecule has 0 aliphatic carbocycles. The molecule has 3 aromatic rings. The third kappa shape index (κ3) is 3.92. The van der Waals surface area contributed by atoms with Crippen LogP contribution in [0.15, 0.2) is 60.8 Å². The molecule has 0 unspecified atom stereocenters. The van der Waals surface area contributed by atoms with Crippen molar-refractivity contribution in [1.82, 2.24) is 4.98 Å². The van der Waals surface area contributed by atoms with E-state index in [4.69, 9.17) is 4.74 Å². The monoisotopic (exact) mass is 336 g/mol. The first-order chi connectivity index (χ1) is 12.2. The number of anilines is 1. The van der Waals surface area contributed by atoms with Crippen LogP contribution in [0.1, 0.15) is 10.4 Å². The Morgan fingerprint density at radius 2 is 1.88 bits per heavy atom. The SMILES string of the molecule is COC(=O)c1cccc(NC(=O)COc2cccc3cccnc23)c1. The normalized spacial score (nSPS) is 10.3. The van der Waals surface area contributed by atoms with Gasteiger partial charge in [0.1, 0.15) is 11.3 Å². The number of benzene rings is 2. The van der Waals surface area contributed by atoms with Crippen molar-refractivity contribution in [3.05, 3.63) is 66.4 Å². The van der Waals surface area contributed by atoms with E-state index in [9.17, 15) is 9.59 Å². The zero-order valence-electron chi connectivity index (χ0n) is 13.6. The molecule has 0 bridgehead atoms. The lowest BCUT2D eigenvalue weighted by atomic mass is 10.2. The number of amides is 1. The van der Waals surface area contributed by atoms with E-state index < -0.39 is 5.97 Å². The minimum atomic E-state index is -0.464. The third-order valence-electron chi connectivity index (χ3n) is 3.52. The van der Waals surface area contributed by atoms with E-state index in [1.165, 1.54) is 7.11 Å². The van der Waals surface area contributed by atoms with Gasteiger partial charge in [0.15, 0.2) is 6.61 Å². The predicted molar refractivity (Wildman–Crippen MR) is 93.6 cm³/mol. The van der Waals surface area contributed by atoms with Crippen molar-refractivity contribution >= 4 is 28.5 Å². The summed E-state index contributed by atoms with van der Waals surface area (Å²) in [4.78, 5) is 27.9. The average molecular weight is 336 g/mol. The lowest BCUT2D eigenvalue weighted by Crippen LogP contribution is -2.20. The second-order valence-corrected chi connectivity index (χ2v) is 5.24. The van der Waals surface area contributed by atoms with Crippen molar-refractivity contribution in [1.29, 1.82) is 0 Å². The molecule has 1 aromatic heterocycles. The number of aromatic nitrogens is 1. The van der Waals surface area contributed by atoms with Crippen LogP contribution in [0.5, 0.6) is 5.75 Å². The summed E-state index contributed by atoms with van der Waals surface area (Å²) in [5.41, 5.74) is 1.55. The predicted octanol–water partition coefficient (Wildman–Crippen LogP) is 3.04. The Balaban J connectivity index is 1.66. The van der Waals surface area contributed by atoms with Gasteiger partial charge in [-0.2, -0.15) is 0 Å². The molecule has 1 N–H and O–H groups in total. The summed E-state index contributed by atoms with van der Waals surface area (Å²) in [5, 5.41) is 3.62. The number of nitrogens with one attached hydrogen (secondary N) is 1. The van der Waals surface area contributed by atoms with Crippen LogP contribution in [0.25, 0.3) is 10.9 Å². The van der Waals surface area contributed by atoms with Crippen molar-refractivity contribution in [3.8, 4) is 5.75 Å². The molecule has 126 valence electrons. The Hall–Kier alpha value is -3.41. The Kier molecular flexibility index (Phi) is 4.89. The van der Waals surface area contributed by atoms with E-state index in [0.717, 1.165) is 5.39 Å². The fraction of sp³-hybridized carbons (Fsp3) is 0.105. The van der Waals surface area contributed by atoms with Gasteiger partial charge >= 0.3 is 5.97 Å². The molecule has 6 heteroatoms. The second kappa shape index (κ2) is 7.44. The number of fused-ring (bicyclic) bond motifs is 1. The molecular formula is C19H16N2O4. The van der Waals surface area contributed by atoms with Crippen LogP contribution in [-0.2, 0) is 9.53 Å². The number of carbonyl (C=O) groups is 2. The number of esters is 1. The molecular weight excluding hydrogens is 320 g/mol. The number of para-hydroxylation sites is 1. The minimum Gasteiger partial charge on any atom is -0.481 e. The summed E-state index contributed by atoms with van der Waals surface area (Å²) in [7, 11) is 1.31. The number of carbonyl (C=O) groups excluding carboxylic acids is 2. The van der Waals surface area contributed by atoms with Crippen LogP contribution in [0.3, 0.4) is 0 Å². The maximum Gasteiger partial charge on any atom is 0.337 e. The van der Waals surface area contributed by atoms with Gasteiger partial charge in [0.25, 0.3) is 5.91 Å². The fourth-order valence-corrected chi connectivity index (χ4v) is 2.37. The molecule has 0 radical (unpaired) electrons. The third-order valence-corrected chi connectivity index (χ3v) is 3.52. The molecule has 6 nitrogen and oxygen atoms in total. The van der Waals surface area contributed by atoms with Crippen molar-refractivity contribution in [2.75, 3.05) is 19.0 Å². The van der Waals surface area contributed by atoms with Crippen molar-refractivity contribution in [2.24, 2.45) is 0 Å². The molecule has 0 saturated heterocycles. The lowest BCUT2D eigenvalue weighted by Gasteiger charge is -2.10. The maximum absolute atomic E-state index is 12.1. The van der Waals surface area contributed by atoms with E-state index in [1.54, 1.807) is 36.5 Å². The highest BCUT2D eigenvalue weighted by molar-refractivity contribution is 5.95. The van der Waals surface area contributed by atoms with Crippen molar-refractivity contribution in [3.63, 3.8) is 0 Å². The van der Waals surface area contributed by atoms with Gasteiger partial charge in [0, 0.05) is 17.3 Å². The van der Waals surface area contributed by atoms with Crippen LogP contribution in [0.4, 0.5) is 5.69 Å². The lowest BCUT2D eigenvalue weighted by molar-refractivity contribution is -0.118. The number of ether oxygens (including phenoxy) is 2. The molecule has 0 aliphatic rings. The van der Waals surface area contributed by atoms with Crippen LogP contribution in [0, 0.1) is 0 Å². The summed E-state index contributed by atoms with van der Waals surface area (Å²) in [6.45, 7) is -0.169. The first-order valence-corrected chi connectivity index (χ1v) is 7.62. The van der Waals surface area contributed by atoms with Gasteiger partial charge in [-0.15, -0.1) is 0 Å².